The molecule has 2 aromatic rings. The highest BCUT2D eigenvalue weighted by molar-refractivity contribution is 7.07. The van der Waals surface area contributed by atoms with Gasteiger partial charge in [-0.3, -0.25) is 14.4 Å². The molecular formula is C20H25F3N4O3S. The summed E-state index contributed by atoms with van der Waals surface area (Å²) in [7, 11) is 3.94. The number of carboxylic acid groups (broad SMARTS) is 1. The highest BCUT2D eigenvalue weighted by atomic mass is 32.1. The second-order valence-corrected chi connectivity index (χ2v) is 8.75. The van der Waals surface area contributed by atoms with Crippen LogP contribution < -0.4 is 0 Å². The van der Waals surface area contributed by atoms with Crippen molar-refractivity contribution < 1.29 is 27.9 Å². The van der Waals surface area contributed by atoms with E-state index in [4.69, 9.17) is 9.90 Å². The standard InChI is InChI=1S/C18H24N4OS.C2HF3O2/c1-20-12-15(10-19-20)16-9-17(23)21(2)18(16)4-6-22(7-5-18)11-14-3-8-24-13-14;3-2(4,5)1(6)7/h3,8,10,12-13,16H,4-7,9,11H2,1-2H3;(H,6,7). The van der Waals surface area contributed by atoms with E-state index in [1.165, 1.54) is 11.1 Å². The van der Waals surface area contributed by atoms with Crippen LogP contribution in [0.5, 0.6) is 0 Å². The second-order valence-electron chi connectivity index (χ2n) is 7.97. The van der Waals surface area contributed by atoms with Crippen LogP contribution >= 0.6 is 11.3 Å². The number of carbonyl (C=O) groups is 2. The van der Waals surface area contributed by atoms with Gasteiger partial charge in [-0.05, 0) is 40.8 Å². The number of aliphatic carboxylic acids is 1. The lowest BCUT2D eigenvalue weighted by molar-refractivity contribution is -0.192. The van der Waals surface area contributed by atoms with Crippen LogP contribution in [0.15, 0.2) is 29.2 Å². The van der Waals surface area contributed by atoms with Gasteiger partial charge in [-0.15, -0.1) is 0 Å². The summed E-state index contributed by atoms with van der Waals surface area (Å²) in [6, 6.07) is 2.21. The van der Waals surface area contributed by atoms with Gasteiger partial charge >= 0.3 is 12.1 Å². The van der Waals surface area contributed by atoms with Crippen molar-refractivity contribution in [3.8, 4) is 0 Å². The summed E-state index contributed by atoms with van der Waals surface area (Å²) in [5.74, 6) is -2.21. The van der Waals surface area contributed by atoms with Gasteiger partial charge in [0.15, 0.2) is 0 Å². The number of hydrogen-bond donors (Lipinski definition) is 1. The predicted molar refractivity (Wildman–Crippen MR) is 109 cm³/mol. The van der Waals surface area contributed by atoms with Crippen molar-refractivity contribution in [3.63, 3.8) is 0 Å². The molecule has 1 atom stereocenters. The van der Waals surface area contributed by atoms with Crippen LogP contribution in [0.4, 0.5) is 13.2 Å². The minimum Gasteiger partial charge on any atom is -0.475 e. The lowest BCUT2D eigenvalue weighted by Gasteiger charge is -2.46. The molecule has 11 heteroatoms. The molecule has 4 heterocycles. The lowest BCUT2D eigenvalue weighted by atomic mass is 9.74. The Bertz CT molecular complexity index is 905. The molecule has 0 saturated carbocycles. The summed E-state index contributed by atoms with van der Waals surface area (Å²) in [5, 5.41) is 15.8. The Morgan fingerprint density at radius 3 is 2.45 bits per heavy atom. The fraction of sp³-hybridized carbons (Fsp3) is 0.550. The molecule has 2 aromatic heterocycles. The van der Waals surface area contributed by atoms with E-state index in [1.54, 1.807) is 11.3 Å². The Kier molecular flexibility index (Phi) is 6.75. The Morgan fingerprint density at radius 1 is 1.32 bits per heavy atom. The van der Waals surface area contributed by atoms with Gasteiger partial charge in [0.1, 0.15) is 0 Å². The average molecular weight is 459 g/mol. The molecule has 1 amide bonds. The van der Waals surface area contributed by atoms with Crippen molar-refractivity contribution in [2.24, 2.45) is 7.05 Å². The zero-order valence-corrected chi connectivity index (χ0v) is 18.1. The Hall–Kier alpha value is -2.40. The van der Waals surface area contributed by atoms with Crippen LogP contribution in [0.1, 0.15) is 36.3 Å². The molecule has 31 heavy (non-hydrogen) atoms. The molecule has 7 nitrogen and oxygen atoms in total. The van der Waals surface area contributed by atoms with Crippen LogP contribution in [0, 0.1) is 0 Å². The zero-order valence-electron chi connectivity index (χ0n) is 17.3. The van der Waals surface area contributed by atoms with Crippen LogP contribution in [0.2, 0.25) is 0 Å². The van der Waals surface area contributed by atoms with Crippen molar-refractivity contribution in [2.75, 3.05) is 20.1 Å². The third-order valence-electron chi connectivity index (χ3n) is 6.15. The predicted octanol–water partition coefficient (Wildman–Crippen LogP) is 3.10. The summed E-state index contributed by atoms with van der Waals surface area (Å²) < 4.78 is 33.6. The summed E-state index contributed by atoms with van der Waals surface area (Å²) >= 11 is 1.76. The first-order valence-electron chi connectivity index (χ1n) is 9.81. The van der Waals surface area contributed by atoms with Gasteiger partial charge in [-0.2, -0.15) is 29.6 Å². The Morgan fingerprint density at radius 2 is 1.97 bits per heavy atom. The maximum Gasteiger partial charge on any atom is 0.490 e. The molecule has 2 saturated heterocycles. The molecule has 2 aliphatic rings. The van der Waals surface area contributed by atoms with Gasteiger partial charge < -0.3 is 10.0 Å². The number of aryl methyl sites for hydroxylation is 1. The number of carbonyl (C=O) groups excluding carboxylic acids is 1. The first-order valence-corrected chi connectivity index (χ1v) is 10.8. The van der Waals surface area contributed by atoms with E-state index in [0.29, 0.717) is 6.42 Å². The summed E-state index contributed by atoms with van der Waals surface area (Å²) in [6.45, 7) is 3.11. The van der Waals surface area contributed by atoms with E-state index >= 15 is 0 Å². The quantitative estimate of drug-likeness (QED) is 0.765. The highest BCUT2D eigenvalue weighted by Crippen LogP contribution is 2.48. The molecule has 0 aromatic carbocycles. The maximum absolute atomic E-state index is 12.5. The number of hydrogen-bond acceptors (Lipinski definition) is 5. The van der Waals surface area contributed by atoms with E-state index in [2.05, 4.69) is 33.0 Å². The smallest absolute Gasteiger partial charge is 0.475 e. The molecule has 4 rings (SSSR count). The number of nitrogens with zero attached hydrogens (tertiary/aromatic N) is 4. The molecule has 1 spiro atoms. The van der Waals surface area contributed by atoms with Gasteiger partial charge in [0, 0.05) is 52.3 Å². The normalized spacial score (nSPS) is 21.3. The maximum atomic E-state index is 12.5. The number of piperidine rings is 1. The van der Waals surface area contributed by atoms with Crippen molar-refractivity contribution in [2.45, 2.75) is 43.4 Å². The fourth-order valence-corrected chi connectivity index (χ4v) is 5.11. The summed E-state index contributed by atoms with van der Waals surface area (Å²) in [6.07, 6.45) is 1.64. The first kappa shape index (κ1) is 23.3. The van der Waals surface area contributed by atoms with E-state index < -0.39 is 12.1 Å². The second kappa shape index (κ2) is 8.99. The number of likely N-dealkylation sites (tertiary alicyclic amines) is 2. The van der Waals surface area contributed by atoms with E-state index in [1.807, 2.05) is 29.9 Å². The van der Waals surface area contributed by atoms with Crippen LogP contribution in [-0.4, -0.2) is 68.4 Å². The number of aromatic nitrogens is 2. The van der Waals surface area contributed by atoms with E-state index in [0.717, 1.165) is 32.5 Å². The topological polar surface area (TPSA) is 78.7 Å². The van der Waals surface area contributed by atoms with Gasteiger partial charge in [-0.1, -0.05) is 0 Å². The third-order valence-corrected chi connectivity index (χ3v) is 6.88. The van der Waals surface area contributed by atoms with Crippen molar-refractivity contribution in [1.29, 1.82) is 0 Å². The highest BCUT2D eigenvalue weighted by Gasteiger charge is 2.52. The Balaban J connectivity index is 0.000000339. The van der Waals surface area contributed by atoms with Crippen LogP contribution in [-0.2, 0) is 23.2 Å². The van der Waals surface area contributed by atoms with Gasteiger partial charge in [0.05, 0.1) is 11.7 Å². The molecule has 1 N–H and O–H groups in total. The van der Waals surface area contributed by atoms with Crippen molar-refractivity contribution in [3.05, 3.63) is 40.3 Å². The molecule has 0 bridgehead atoms. The van der Waals surface area contributed by atoms with Gasteiger partial charge in [0.25, 0.3) is 0 Å². The molecule has 0 radical (unpaired) electrons. The molecule has 1 unspecified atom stereocenters. The van der Waals surface area contributed by atoms with Gasteiger partial charge in [0.2, 0.25) is 5.91 Å². The minimum atomic E-state index is -5.08. The van der Waals surface area contributed by atoms with Crippen LogP contribution in [0.25, 0.3) is 0 Å². The molecule has 2 aliphatic heterocycles. The molecule has 2 fully saturated rings. The Labute approximate surface area is 182 Å². The monoisotopic (exact) mass is 458 g/mol. The lowest BCUT2D eigenvalue weighted by Crippen LogP contribution is -2.53. The SMILES string of the molecule is CN1C(=O)CC(c2cnn(C)c2)C12CCN(Cc1ccsc1)CC2.O=C(O)C(F)(F)F. The zero-order chi connectivity index (χ0) is 22.8. The first-order chi connectivity index (χ1) is 14.5. The summed E-state index contributed by atoms with van der Waals surface area (Å²) in [5.41, 5.74) is 2.57. The number of rotatable bonds is 3. The number of likely N-dealkylation sites (N-methyl/N-ethyl adjacent to an activating group) is 1. The third kappa shape index (κ3) is 5.09. The average Bonchev–Trinajstić information content (AvgIpc) is 3.41. The molecular weight excluding hydrogens is 433 g/mol. The molecule has 170 valence electrons. The number of thiophene rings is 1. The van der Waals surface area contributed by atoms with Crippen LogP contribution in [0.3, 0.4) is 0 Å². The largest absolute Gasteiger partial charge is 0.490 e. The summed E-state index contributed by atoms with van der Waals surface area (Å²) in [4.78, 5) is 25.9. The fourth-order valence-electron chi connectivity index (χ4n) is 4.45. The number of carboxylic acids is 1. The number of halogens is 3. The number of alkyl halides is 3. The van der Waals surface area contributed by atoms with E-state index in [9.17, 15) is 18.0 Å². The molecule has 0 aliphatic carbocycles. The van der Waals surface area contributed by atoms with E-state index in [-0.39, 0.29) is 17.4 Å². The minimum absolute atomic E-state index is 0.0364. The number of amides is 1. The van der Waals surface area contributed by atoms with Crippen molar-refractivity contribution >= 4 is 23.2 Å². The van der Waals surface area contributed by atoms with Crippen molar-refractivity contribution in [1.82, 2.24) is 19.6 Å². The van der Waals surface area contributed by atoms with Gasteiger partial charge in [-0.25, -0.2) is 4.79 Å².